The number of amides is 1. The maximum absolute atomic E-state index is 12.5. The first kappa shape index (κ1) is 17.1. The summed E-state index contributed by atoms with van der Waals surface area (Å²) < 4.78 is 42.8. The van der Waals surface area contributed by atoms with Gasteiger partial charge in [-0.2, -0.15) is 13.2 Å². The monoisotopic (exact) mass is 350 g/mol. The average Bonchev–Trinajstić information content (AvgIpc) is 2.56. The van der Waals surface area contributed by atoms with Gasteiger partial charge in [0.15, 0.2) is 0 Å². The number of nitrogens with zero attached hydrogens (tertiary/aromatic N) is 1. The Hall–Kier alpha value is -2.70. The molecule has 0 unspecified atom stereocenters. The number of carbonyl (C=O) groups excluding carboxylic acids is 1. The van der Waals surface area contributed by atoms with E-state index in [4.69, 9.17) is 4.74 Å². The third kappa shape index (κ3) is 4.43. The Morgan fingerprint density at radius 1 is 1.08 bits per heavy atom. The molecule has 4 nitrogen and oxygen atoms in total. The number of carbonyl (C=O) groups is 1. The number of ether oxygens (including phenoxy) is 1. The van der Waals surface area contributed by atoms with Crippen LogP contribution in [0.15, 0.2) is 54.6 Å². The normalized spacial score (nSPS) is 14.8. The largest absolute Gasteiger partial charge is 0.445 e. The minimum Gasteiger partial charge on any atom is -0.445 e. The van der Waals surface area contributed by atoms with Gasteiger partial charge in [0.2, 0.25) is 0 Å². The molecule has 0 radical (unpaired) electrons. The summed E-state index contributed by atoms with van der Waals surface area (Å²) in [5.74, 6) is 0. The Balaban J connectivity index is 1.42. The number of nitrogens with one attached hydrogen (secondary N) is 1. The molecule has 0 atom stereocenters. The number of alkyl halides is 3. The van der Waals surface area contributed by atoms with Crippen molar-refractivity contribution in [1.82, 2.24) is 5.32 Å². The van der Waals surface area contributed by atoms with Crippen LogP contribution in [0.3, 0.4) is 0 Å². The fourth-order valence-corrected chi connectivity index (χ4v) is 2.57. The van der Waals surface area contributed by atoms with E-state index in [-0.39, 0.29) is 12.6 Å². The zero-order valence-electron chi connectivity index (χ0n) is 13.3. The van der Waals surface area contributed by atoms with Crippen molar-refractivity contribution in [3.63, 3.8) is 0 Å². The van der Waals surface area contributed by atoms with Crippen LogP contribution in [0.1, 0.15) is 11.1 Å². The van der Waals surface area contributed by atoms with Gasteiger partial charge in [-0.1, -0.05) is 30.3 Å². The molecule has 0 aromatic heterocycles. The first-order valence-corrected chi connectivity index (χ1v) is 7.81. The quantitative estimate of drug-likeness (QED) is 0.911. The fourth-order valence-electron chi connectivity index (χ4n) is 2.57. The zero-order valence-corrected chi connectivity index (χ0v) is 13.3. The molecule has 1 saturated heterocycles. The summed E-state index contributed by atoms with van der Waals surface area (Å²) in [5, 5.41) is 2.74. The molecule has 25 heavy (non-hydrogen) atoms. The highest BCUT2D eigenvalue weighted by Crippen LogP contribution is 2.31. The van der Waals surface area contributed by atoms with Gasteiger partial charge in [-0.3, -0.25) is 0 Å². The van der Waals surface area contributed by atoms with Crippen molar-refractivity contribution in [2.24, 2.45) is 0 Å². The minimum absolute atomic E-state index is 0.0782. The molecule has 1 fully saturated rings. The summed E-state index contributed by atoms with van der Waals surface area (Å²) >= 11 is 0. The summed E-state index contributed by atoms with van der Waals surface area (Å²) in [7, 11) is 0. The Morgan fingerprint density at radius 3 is 2.32 bits per heavy atom. The fraction of sp³-hybridized carbons (Fsp3) is 0.278. The van der Waals surface area contributed by atoms with Crippen LogP contribution in [0.5, 0.6) is 0 Å². The topological polar surface area (TPSA) is 41.6 Å². The standard InChI is InChI=1S/C18H17F3N2O2/c19-18(20,21)14-6-8-16(9-7-14)23-10-15(11-23)22-17(24)25-12-13-4-2-1-3-5-13/h1-9,15H,10-12H2,(H,22,24). The third-order valence-corrected chi connectivity index (χ3v) is 3.98. The molecule has 0 saturated carbocycles. The lowest BCUT2D eigenvalue weighted by Crippen LogP contribution is -2.59. The van der Waals surface area contributed by atoms with Crippen LogP contribution in [0.25, 0.3) is 0 Å². The molecular formula is C18H17F3N2O2. The number of halogens is 3. The van der Waals surface area contributed by atoms with Gasteiger partial charge in [0, 0.05) is 18.8 Å². The number of benzene rings is 2. The van der Waals surface area contributed by atoms with Crippen molar-refractivity contribution in [3.8, 4) is 0 Å². The zero-order chi connectivity index (χ0) is 17.9. The average molecular weight is 350 g/mol. The van der Waals surface area contributed by atoms with Crippen molar-refractivity contribution in [2.45, 2.75) is 18.8 Å². The van der Waals surface area contributed by atoms with Gasteiger partial charge in [-0.05, 0) is 29.8 Å². The van der Waals surface area contributed by atoms with Crippen molar-refractivity contribution >= 4 is 11.8 Å². The van der Waals surface area contributed by atoms with Gasteiger partial charge in [-0.25, -0.2) is 4.79 Å². The predicted molar refractivity (Wildman–Crippen MR) is 87.2 cm³/mol. The molecule has 0 bridgehead atoms. The highest BCUT2D eigenvalue weighted by molar-refractivity contribution is 5.68. The molecule has 0 spiro atoms. The molecule has 1 heterocycles. The Bertz CT molecular complexity index is 711. The SMILES string of the molecule is O=C(NC1CN(c2ccc(C(F)(F)F)cc2)C1)OCc1ccccc1. The number of rotatable bonds is 4. The van der Waals surface area contributed by atoms with Crippen molar-refractivity contribution < 1.29 is 22.7 Å². The van der Waals surface area contributed by atoms with E-state index in [1.54, 1.807) is 0 Å². The van der Waals surface area contributed by atoms with Gasteiger partial charge in [0.1, 0.15) is 6.61 Å². The molecule has 1 amide bonds. The van der Waals surface area contributed by atoms with Crippen LogP contribution >= 0.6 is 0 Å². The summed E-state index contributed by atoms with van der Waals surface area (Å²) in [5.41, 5.74) is 0.928. The molecule has 132 valence electrons. The van der Waals surface area contributed by atoms with E-state index in [9.17, 15) is 18.0 Å². The first-order chi connectivity index (χ1) is 11.9. The lowest BCUT2D eigenvalue weighted by molar-refractivity contribution is -0.137. The van der Waals surface area contributed by atoms with Crippen molar-refractivity contribution in [2.75, 3.05) is 18.0 Å². The number of hydrogen-bond acceptors (Lipinski definition) is 3. The Morgan fingerprint density at radius 2 is 1.72 bits per heavy atom. The minimum atomic E-state index is -4.33. The van der Waals surface area contributed by atoms with Crippen LogP contribution in [0, 0.1) is 0 Å². The van der Waals surface area contributed by atoms with Crippen LogP contribution < -0.4 is 10.2 Å². The lowest BCUT2D eigenvalue weighted by Gasteiger charge is -2.41. The van der Waals surface area contributed by atoms with Gasteiger partial charge in [0.05, 0.1) is 11.6 Å². The second-order valence-electron chi connectivity index (χ2n) is 5.85. The summed E-state index contributed by atoms with van der Waals surface area (Å²) in [6, 6.07) is 14.3. The van der Waals surface area contributed by atoms with Crippen LogP contribution in [-0.4, -0.2) is 25.2 Å². The van der Waals surface area contributed by atoms with E-state index in [2.05, 4.69) is 5.32 Å². The van der Waals surface area contributed by atoms with Gasteiger partial charge in [-0.15, -0.1) is 0 Å². The van der Waals surface area contributed by atoms with Crippen molar-refractivity contribution in [3.05, 3.63) is 65.7 Å². The molecule has 1 aliphatic heterocycles. The van der Waals surface area contributed by atoms with E-state index in [1.165, 1.54) is 12.1 Å². The van der Waals surface area contributed by atoms with Crippen LogP contribution in [-0.2, 0) is 17.5 Å². The summed E-state index contributed by atoms with van der Waals surface area (Å²) in [6.07, 6.45) is -4.83. The second-order valence-corrected chi connectivity index (χ2v) is 5.85. The van der Waals surface area contributed by atoms with E-state index in [0.717, 1.165) is 17.7 Å². The van der Waals surface area contributed by atoms with Crippen LogP contribution in [0.2, 0.25) is 0 Å². The van der Waals surface area contributed by atoms with E-state index in [1.807, 2.05) is 35.2 Å². The maximum atomic E-state index is 12.5. The van der Waals surface area contributed by atoms with E-state index >= 15 is 0 Å². The number of anilines is 1. The molecular weight excluding hydrogens is 333 g/mol. The van der Waals surface area contributed by atoms with Gasteiger partial charge in [0.25, 0.3) is 0 Å². The highest BCUT2D eigenvalue weighted by Gasteiger charge is 2.32. The number of hydrogen-bond donors (Lipinski definition) is 1. The second kappa shape index (κ2) is 7.04. The van der Waals surface area contributed by atoms with E-state index < -0.39 is 17.8 Å². The lowest BCUT2D eigenvalue weighted by atomic mass is 10.1. The van der Waals surface area contributed by atoms with Gasteiger partial charge < -0.3 is 15.0 Å². The third-order valence-electron chi connectivity index (χ3n) is 3.98. The maximum Gasteiger partial charge on any atom is 0.416 e. The Labute approximate surface area is 143 Å². The Kier molecular flexibility index (Phi) is 4.83. The first-order valence-electron chi connectivity index (χ1n) is 7.81. The molecule has 2 aromatic carbocycles. The smallest absolute Gasteiger partial charge is 0.416 e. The molecule has 3 rings (SSSR count). The molecule has 0 aliphatic carbocycles. The van der Waals surface area contributed by atoms with Crippen LogP contribution in [0.4, 0.5) is 23.7 Å². The number of alkyl carbamates (subject to hydrolysis) is 1. The molecule has 1 aliphatic rings. The van der Waals surface area contributed by atoms with Crippen molar-refractivity contribution in [1.29, 1.82) is 0 Å². The molecule has 2 aromatic rings. The van der Waals surface area contributed by atoms with E-state index in [0.29, 0.717) is 18.8 Å². The molecule has 1 N–H and O–H groups in total. The van der Waals surface area contributed by atoms with Gasteiger partial charge >= 0.3 is 12.3 Å². The highest BCUT2D eigenvalue weighted by atomic mass is 19.4. The summed E-state index contributed by atoms with van der Waals surface area (Å²) in [4.78, 5) is 13.6. The molecule has 7 heteroatoms. The summed E-state index contributed by atoms with van der Waals surface area (Å²) in [6.45, 7) is 1.26. The predicted octanol–water partition coefficient (Wildman–Crippen LogP) is 3.82.